The molecule has 0 radical (unpaired) electrons. The summed E-state index contributed by atoms with van der Waals surface area (Å²) in [5, 5.41) is 23.4. The standard InChI is InChI=1S/C25H19F3N4O2/c26-25(27,28)22-14-21(32(31-22)20-11-4-6-16(12-20)15-29)24(34)30-19-10-5-9-18(13-19)23(33)17-7-2-1-3-8-17/h1-14,22-23,31,33H,(H,30,34)/t22-,23?/m1/s1. The number of nitrogens with zero attached hydrogens (tertiary/aromatic N) is 2. The molecule has 9 heteroatoms. The molecular weight excluding hydrogens is 445 g/mol. The molecule has 172 valence electrons. The Hall–Kier alpha value is -4.13. The molecule has 0 spiro atoms. The number of carbonyl (C=O) groups excluding carboxylic acids is 1. The summed E-state index contributed by atoms with van der Waals surface area (Å²) < 4.78 is 40.2. The topological polar surface area (TPSA) is 88.4 Å². The molecule has 34 heavy (non-hydrogen) atoms. The van der Waals surface area contributed by atoms with Gasteiger partial charge in [0, 0.05) is 5.69 Å². The van der Waals surface area contributed by atoms with Gasteiger partial charge >= 0.3 is 6.18 Å². The Morgan fingerprint density at radius 1 is 1.03 bits per heavy atom. The number of hydrogen-bond donors (Lipinski definition) is 3. The molecule has 0 bridgehead atoms. The van der Waals surface area contributed by atoms with Crippen LogP contribution in [0, 0.1) is 11.3 Å². The second-order valence-electron chi connectivity index (χ2n) is 7.59. The SMILES string of the molecule is N#Cc1cccc(N2N[C@@H](C(F)(F)F)C=C2C(=O)Nc2cccc(C(O)c3ccccc3)c2)c1. The fraction of sp³-hybridized carbons (Fsp3) is 0.120. The Labute approximate surface area is 193 Å². The maximum absolute atomic E-state index is 13.4. The summed E-state index contributed by atoms with van der Waals surface area (Å²) in [4.78, 5) is 13.0. The lowest BCUT2D eigenvalue weighted by atomic mass is 10.0. The number of halogens is 3. The van der Waals surface area contributed by atoms with Gasteiger partial charge in [-0.1, -0.05) is 48.5 Å². The second-order valence-corrected chi connectivity index (χ2v) is 7.59. The Morgan fingerprint density at radius 2 is 1.74 bits per heavy atom. The third kappa shape index (κ3) is 4.93. The van der Waals surface area contributed by atoms with E-state index >= 15 is 0 Å². The van der Waals surface area contributed by atoms with Crippen LogP contribution in [0.5, 0.6) is 0 Å². The molecular formula is C25H19F3N4O2. The zero-order valence-electron chi connectivity index (χ0n) is 17.6. The van der Waals surface area contributed by atoms with E-state index in [2.05, 4.69) is 10.7 Å². The number of nitriles is 1. The molecule has 0 fully saturated rings. The van der Waals surface area contributed by atoms with Crippen LogP contribution in [0.15, 0.2) is 90.6 Å². The Kier molecular flexibility index (Phi) is 6.36. The van der Waals surface area contributed by atoms with E-state index in [0.29, 0.717) is 16.8 Å². The van der Waals surface area contributed by atoms with Crippen LogP contribution in [0.1, 0.15) is 22.8 Å². The van der Waals surface area contributed by atoms with Crippen LogP contribution >= 0.6 is 0 Å². The molecule has 2 atom stereocenters. The predicted molar refractivity (Wildman–Crippen MR) is 120 cm³/mol. The Bertz CT molecular complexity index is 1270. The number of anilines is 2. The molecule has 3 aromatic carbocycles. The molecule has 1 heterocycles. The highest BCUT2D eigenvalue weighted by Crippen LogP contribution is 2.31. The summed E-state index contributed by atoms with van der Waals surface area (Å²) in [7, 11) is 0. The van der Waals surface area contributed by atoms with Crippen molar-refractivity contribution in [1.82, 2.24) is 5.43 Å². The Morgan fingerprint density at radius 3 is 2.44 bits per heavy atom. The van der Waals surface area contributed by atoms with Crippen molar-refractivity contribution >= 4 is 17.3 Å². The maximum atomic E-state index is 13.4. The molecule has 1 aliphatic rings. The van der Waals surface area contributed by atoms with Gasteiger partial charge in [0.25, 0.3) is 5.91 Å². The van der Waals surface area contributed by atoms with Gasteiger partial charge in [-0.15, -0.1) is 0 Å². The number of hydrazine groups is 1. The van der Waals surface area contributed by atoms with E-state index in [0.717, 1.165) is 11.1 Å². The summed E-state index contributed by atoms with van der Waals surface area (Å²) in [6.07, 6.45) is -4.78. The van der Waals surface area contributed by atoms with Gasteiger partial charge in [-0.25, -0.2) is 5.43 Å². The minimum Gasteiger partial charge on any atom is -0.384 e. The van der Waals surface area contributed by atoms with Gasteiger partial charge in [0.05, 0.1) is 17.3 Å². The van der Waals surface area contributed by atoms with E-state index in [1.54, 1.807) is 48.5 Å². The van der Waals surface area contributed by atoms with E-state index in [9.17, 15) is 23.1 Å². The van der Waals surface area contributed by atoms with E-state index in [4.69, 9.17) is 5.26 Å². The number of amides is 1. The molecule has 0 aromatic heterocycles. The molecule has 1 aliphatic heterocycles. The number of rotatable bonds is 5. The van der Waals surface area contributed by atoms with Crippen LogP contribution in [-0.2, 0) is 4.79 Å². The maximum Gasteiger partial charge on any atom is 0.409 e. The minimum absolute atomic E-state index is 0.209. The van der Waals surface area contributed by atoms with Crippen molar-refractivity contribution in [3.63, 3.8) is 0 Å². The van der Waals surface area contributed by atoms with E-state index in [1.165, 1.54) is 24.3 Å². The van der Waals surface area contributed by atoms with Crippen molar-refractivity contribution in [2.24, 2.45) is 0 Å². The van der Waals surface area contributed by atoms with Crippen LogP contribution in [-0.4, -0.2) is 23.2 Å². The van der Waals surface area contributed by atoms with Crippen LogP contribution in [0.2, 0.25) is 0 Å². The lowest BCUT2D eigenvalue weighted by Gasteiger charge is -2.24. The quantitative estimate of drug-likeness (QED) is 0.520. The number of benzene rings is 3. The van der Waals surface area contributed by atoms with Crippen molar-refractivity contribution in [2.75, 3.05) is 10.3 Å². The summed E-state index contributed by atoms with van der Waals surface area (Å²) in [6.45, 7) is 0. The number of aliphatic hydroxyl groups is 1. The summed E-state index contributed by atoms with van der Waals surface area (Å²) in [6, 6.07) is 21.1. The van der Waals surface area contributed by atoms with Crippen LogP contribution in [0.4, 0.5) is 24.5 Å². The monoisotopic (exact) mass is 464 g/mol. The number of hydrogen-bond acceptors (Lipinski definition) is 5. The van der Waals surface area contributed by atoms with Crippen molar-refractivity contribution < 1.29 is 23.1 Å². The molecule has 6 nitrogen and oxygen atoms in total. The third-order valence-electron chi connectivity index (χ3n) is 5.23. The summed E-state index contributed by atoms with van der Waals surface area (Å²) in [5.74, 6) is -0.784. The van der Waals surface area contributed by atoms with E-state index in [1.807, 2.05) is 12.1 Å². The molecule has 3 N–H and O–H groups in total. The summed E-state index contributed by atoms with van der Waals surface area (Å²) in [5.41, 5.74) is 3.91. The first-order chi connectivity index (χ1) is 16.3. The largest absolute Gasteiger partial charge is 0.409 e. The van der Waals surface area contributed by atoms with Crippen LogP contribution in [0.25, 0.3) is 0 Å². The molecule has 0 aliphatic carbocycles. The lowest BCUT2D eigenvalue weighted by molar-refractivity contribution is -0.142. The van der Waals surface area contributed by atoms with Crippen molar-refractivity contribution in [1.29, 1.82) is 5.26 Å². The van der Waals surface area contributed by atoms with Crippen LogP contribution in [0.3, 0.4) is 0 Å². The van der Waals surface area contributed by atoms with Gasteiger partial charge in [-0.3, -0.25) is 9.80 Å². The molecule has 1 unspecified atom stereocenters. The average Bonchev–Trinajstić information content (AvgIpc) is 3.31. The zero-order valence-corrected chi connectivity index (χ0v) is 17.6. The second kappa shape index (κ2) is 9.39. The normalized spacial score (nSPS) is 16.5. The first kappa shape index (κ1) is 23.0. The number of alkyl halides is 3. The van der Waals surface area contributed by atoms with Crippen molar-refractivity contribution in [3.8, 4) is 6.07 Å². The Balaban J connectivity index is 1.60. The molecule has 0 saturated heterocycles. The number of carbonyl (C=O) groups is 1. The summed E-state index contributed by atoms with van der Waals surface area (Å²) >= 11 is 0. The zero-order chi connectivity index (χ0) is 24.3. The van der Waals surface area contributed by atoms with E-state index in [-0.39, 0.29) is 16.9 Å². The van der Waals surface area contributed by atoms with E-state index < -0.39 is 24.2 Å². The van der Waals surface area contributed by atoms with Crippen molar-refractivity contribution in [2.45, 2.75) is 18.3 Å². The number of aliphatic hydroxyl groups excluding tert-OH is 1. The number of nitrogens with one attached hydrogen (secondary N) is 2. The van der Waals surface area contributed by atoms with Gasteiger partial charge in [-0.2, -0.15) is 18.4 Å². The first-order valence-electron chi connectivity index (χ1n) is 10.3. The van der Waals surface area contributed by atoms with Gasteiger partial charge in [0.1, 0.15) is 17.8 Å². The smallest absolute Gasteiger partial charge is 0.384 e. The van der Waals surface area contributed by atoms with Gasteiger partial charge in [0.15, 0.2) is 0 Å². The fourth-order valence-electron chi connectivity index (χ4n) is 3.56. The lowest BCUT2D eigenvalue weighted by Crippen LogP contribution is -2.45. The molecule has 4 rings (SSSR count). The molecule has 3 aromatic rings. The van der Waals surface area contributed by atoms with Gasteiger partial charge < -0.3 is 10.4 Å². The van der Waals surface area contributed by atoms with Crippen molar-refractivity contribution in [3.05, 3.63) is 107 Å². The highest BCUT2D eigenvalue weighted by Gasteiger charge is 2.45. The van der Waals surface area contributed by atoms with Gasteiger partial charge in [0.2, 0.25) is 0 Å². The highest BCUT2D eigenvalue weighted by molar-refractivity contribution is 6.06. The first-order valence-corrected chi connectivity index (χ1v) is 10.3. The fourth-order valence-corrected chi connectivity index (χ4v) is 3.56. The highest BCUT2D eigenvalue weighted by atomic mass is 19.4. The molecule has 1 amide bonds. The third-order valence-corrected chi connectivity index (χ3v) is 5.23. The van der Waals surface area contributed by atoms with Gasteiger partial charge in [-0.05, 0) is 47.5 Å². The predicted octanol–water partition coefficient (Wildman–Crippen LogP) is 4.42. The molecule has 0 saturated carbocycles. The average molecular weight is 464 g/mol. The minimum atomic E-state index is -4.63. The van der Waals surface area contributed by atoms with Crippen LogP contribution < -0.4 is 15.8 Å².